The van der Waals surface area contributed by atoms with Crippen molar-refractivity contribution in [2.75, 3.05) is 6.54 Å². The lowest BCUT2D eigenvalue weighted by Crippen LogP contribution is -2.24. The number of likely N-dealkylation sites (N-methyl/N-ethyl adjacent to an activating group) is 1. The smallest absolute Gasteiger partial charge is 0.128 e. The molecule has 98 valence electrons. The number of hydrogen-bond acceptors (Lipinski definition) is 1. The second-order valence-corrected chi connectivity index (χ2v) is 5.60. The van der Waals surface area contributed by atoms with Crippen LogP contribution in [0.5, 0.6) is 0 Å². The molecule has 1 N–H and O–H groups in total. The van der Waals surface area contributed by atoms with E-state index in [0.717, 1.165) is 29.4 Å². The number of halogens is 2. The minimum absolute atomic E-state index is 0.0211. The average molecular weight is 312 g/mol. The van der Waals surface area contributed by atoms with Gasteiger partial charge in [0.2, 0.25) is 0 Å². The zero-order valence-corrected chi connectivity index (χ0v) is 12.3. The molecule has 1 aliphatic rings. The summed E-state index contributed by atoms with van der Waals surface area (Å²) in [6, 6.07) is 5.19. The van der Waals surface area contributed by atoms with E-state index in [0.29, 0.717) is 0 Å². The fourth-order valence-corrected chi connectivity index (χ4v) is 2.88. The van der Waals surface area contributed by atoms with Gasteiger partial charge in [0.25, 0.3) is 0 Å². The SMILES string of the molecule is CCNC(C1=CCCCC1)c1cc(Br)ccc1F. The summed E-state index contributed by atoms with van der Waals surface area (Å²) in [5.41, 5.74) is 2.08. The Morgan fingerprint density at radius 3 is 2.89 bits per heavy atom. The Morgan fingerprint density at radius 1 is 1.39 bits per heavy atom. The first-order valence-corrected chi connectivity index (χ1v) is 7.39. The molecule has 0 amide bonds. The second kappa shape index (κ2) is 6.48. The Hall–Kier alpha value is -0.670. The van der Waals surface area contributed by atoms with Crippen molar-refractivity contribution < 1.29 is 4.39 Å². The summed E-state index contributed by atoms with van der Waals surface area (Å²) in [6.07, 6.45) is 6.93. The molecule has 0 heterocycles. The van der Waals surface area contributed by atoms with E-state index in [4.69, 9.17) is 0 Å². The van der Waals surface area contributed by atoms with E-state index in [1.165, 1.54) is 24.5 Å². The van der Waals surface area contributed by atoms with Crippen molar-refractivity contribution >= 4 is 15.9 Å². The Morgan fingerprint density at radius 2 is 2.22 bits per heavy atom. The molecule has 0 aromatic heterocycles. The van der Waals surface area contributed by atoms with Crippen molar-refractivity contribution in [3.8, 4) is 0 Å². The molecule has 1 unspecified atom stereocenters. The van der Waals surface area contributed by atoms with Crippen LogP contribution in [0, 0.1) is 5.82 Å². The topological polar surface area (TPSA) is 12.0 Å². The summed E-state index contributed by atoms with van der Waals surface area (Å²) in [5.74, 6) is -0.129. The van der Waals surface area contributed by atoms with E-state index in [1.807, 2.05) is 6.07 Å². The fourth-order valence-electron chi connectivity index (χ4n) is 2.51. The first kappa shape index (κ1) is 13.8. The van der Waals surface area contributed by atoms with Crippen LogP contribution in [0.4, 0.5) is 4.39 Å². The van der Waals surface area contributed by atoms with Crippen LogP contribution in [0.25, 0.3) is 0 Å². The average Bonchev–Trinajstić information content (AvgIpc) is 2.40. The summed E-state index contributed by atoms with van der Waals surface area (Å²) in [5, 5.41) is 3.41. The third-order valence-corrected chi connectivity index (χ3v) is 3.87. The lowest BCUT2D eigenvalue weighted by atomic mass is 9.89. The van der Waals surface area contributed by atoms with Crippen LogP contribution in [-0.4, -0.2) is 6.54 Å². The summed E-state index contributed by atoms with van der Waals surface area (Å²) in [7, 11) is 0. The summed E-state index contributed by atoms with van der Waals surface area (Å²) < 4.78 is 14.9. The third-order valence-electron chi connectivity index (χ3n) is 3.37. The molecule has 0 spiro atoms. The molecule has 1 nitrogen and oxygen atoms in total. The molecule has 0 saturated heterocycles. The normalized spacial score (nSPS) is 17.4. The monoisotopic (exact) mass is 311 g/mol. The van der Waals surface area contributed by atoms with Crippen LogP contribution in [0.15, 0.2) is 34.3 Å². The molecule has 1 aliphatic carbocycles. The predicted molar refractivity (Wildman–Crippen MR) is 77.1 cm³/mol. The molecular weight excluding hydrogens is 293 g/mol. The zero-order chi connectivity index (χ0) is 13.0. The highest BCUT2D eigenvalue weighted by atomic mass is 79.9. The molecule has 0 radical (unpaired) electrons. The van der Waals surface area contributed by atoms with Crippen molar-refractivity contribution in [2.45, 2.75) is 38.6 Å². The maximum atomic E-state index is 14.0. The molecule has 1 atom stereocenters. The second-order valence-electron chi connectivity index (χ2n) is 4.68. The molecule has 18 heavy (non-hydrogen) atoms. The minimum atomic E-state index is -0.129. The lowest BCUT2D eigenvalue weighted by Gasteiger charge is -2.25. The van der Waals surface area contributed by atoms with E-state index in [2.05, 4.69) is 34.2 Å². The van der Waals surface area contributed by atoms with Crippen molar-refractivity contribution in [1.82, 2.24) is 5.32 Å². The Balaban J connectivity index is 2.34. The maximum Gasteiger partial charge on any atom is 0.128 e. The summed E-state index contributed by atoms with van der Waals surface area (Å²) >= 11 is 3.43. The van der Waals surface area contributed by atoms with Crippen LogP contribution in [0.3, 0.4) is 0 Å². The largest absolute Gasteiger partial charge is 0.307 e. The molecule has 1 aromatic carbocycles. The van der Waals surface area contributed by atoms with Crippen molar-refractivity contribution in [2.24, 2.45) is 0 Å². The molecule has 3 heteroatoms. The van der Waals surface area contributed by atoms with E-state index >= 15 is 0 Å². The minimum Gasteiger partial charge on any atom is -0.307 e. The molecule has 1 aromatic rings. The summed E-state index contributed by atoms with van der Waals surface area (Å²) in [6.45, 7) is 2.90. The molecule has 0 bridgehead atoms. The number of nitrogens with one attached hydrogen (secondary N) is 1. The van der Waals surface area contributed by atoms with Gasteiger partial charge >= 0.3 is 0 Å². The quantitative estimate of drug-likeness (QED) is 0.792. The van der Waals surface area contributed by atoms with Gasteiger partial charge in [-0.2, -0.15) is 0 Å². The Bertz CT molecular complexity index is 442. The fraction of sp³-hybridized carbons (Fsp3) is 0.467. The van der Waals surface area contributed by atoms with Gasteiger partial charge in [0.1, 0.15) is 5.82 Å². The molecule has 0 saturated carbocycles. The van der Waals surface area contributed by atoms with Gasteiger partial charge in [-0.1, -0.05) is 34.5 Å². The van der Waals surface area contributed by atoms with Gasteiger partial charge in [0, 0.05) is 10.0 Å². The van der Waals surface area contributed by atoms with Crippen LogP contribution in [-0.2, 0) is 0 Å². The highest BCUT2D eigenvalue weighted by molar-refractivity contribution is 9.10. The van der Waals surface area contributed by atoms with E-state index < -0.39 is 0 Å². The maximum absolute atomic E-state index is 14.0. The number of rotatable bonds is 4. The Labute approximate surface area is 117 Å². The molecule has 0 fully saturated rings. The zero-order valence-electron chi connectivity index (χ0n) is 10.7. The first-order chi connectivity index (χ1) is 8.72. The van der Waals surface area contributed by atoms with Crippen LogP contribution in [0.2, 0.25) is 0 Å². The lowest BCUT2D eigenvalue weighted by molar-refractivity contribution is 0.527. The molecule has 0 aliphatic heterocycles. The van der Waals surface area contributed by atoms with Gasteiger partial charge in [-0.15, -0.1) is 0 Å². The van der Waals surface area contributed by atoms with Crippen LogP contribution >= 0.6 is 15.9 Å². The number of hydrogen-bond donors (Lipinski definition) is 1. The van der Waals surface area contributed by atoms with Crippen molar-refractivity contribution in [1.29, 1.82) is 0 Å². The molecular formula is C15H19BrFN. The van der Waals surface area contributed by atoms with Gasteiger partial charge in [-0.05, 0) is 50.4 Å². The van der Waals surface area contributed by atoms with Crippen LogP contribution < -0.4 is 5.32 Å². The predicted octanol–water partition coefficient (Wildman–Crippen LogP) is 4.74. The van der Waals surface area contributed by atoms with Gasteiger partial charge in [0.15, 0.2) is 0 Å². The highest BCUT2D eigenvalue weighted by Crippen LogP contribution is 2.32. The molecule has 2 rings (SSSR count). The standard InChI is InChI=1S/C15H19BrFN/c1-2-18-15(11-6-4-3-5-7-11)13-10-12(16)8-9-14(13)17/h6,8-10,15,18H,2-5,7H2,1H3. The van der Waals surface area contributed by atoms with Crippen molar-refractivity contribution in [3.05, 3.63) is 45.7 Å². The van der Waals surface area contributed by atoms with Crippen molar-refractivity contribution in [3.63, 3.8) is 0 Å². The number of allylic oxidation sites excluding steroid dienone is 1. The van der Waals surface area contributed by atoms with E-state index in [-0.39, 0.29) is 11.9 Å². The van der Waals surface area contributed by atoms with E-state index in [1.54, 1.807) is 6.07 Å². The number of benzene rings is 1. The van der Waals surface area contributed by atoms with Gasteiger partial charge in [-0.25, -0.2) is 4.39 Å². The Kier molecular flexibility index (Phi) is 4.95. The first-order valence-electron chi connectivity index (χ1n) is 6.59. The van der Waals surface area contributed by atoms with Gasteiger partial charge < -0.3 is 5.32 Å². The third kappa shape index (κ3) is 3.21. The van der Waals surface area contributed by atoms with Gasteiger partial charge in [-0.3, -0.25) is 0 Å². The van der Waals surface area contributed by atoms with E-state index in [9.17, 15) is 4.39 Å². The van der Waals surface area contributed by atoms with Crippen LogP contribution in [0.1, 0.15) is 44.2 Å². The highest BCUT2D eigenvalue weighted by Gasteiger charge is 2.20. The van der Waals surface area contributed by atoms with Gasteiger partial charge in [0.05, 0.1) is 6.04 Å². The summed E-state index contributed by atoms with van der Waals surface area (Å²) in [4.78, 5) is 0.